The van der Waals surface area contributed by atoms with Gasteiger partial charge in [0.1, 0.15) is 12.8 Å². The van der Waals surface area contributed by atoms with E-state index in [0.717, 1.165) is 5.56 Å². The topological polar surface area (TPSA) is 76.5 Å². The summed E-state index contributed by atoms with van der Waals surface area (Å²) in [6.45, 7) is 7.88. The highest BCUT2D eigenvalue weighted by atomic mass is 16.5. The highest BCUT2D eigenvalue weighted by Crippen LogP contribution is 1.99. The normalized spacial score (nSPS) is 8.00. The van der Waals surface area contributed by atoms with Crippen LogP contribution in [0.3, 0.4) is 0 Å². The number of esters is 2. The lowest BCUT2D eigenvalue weighted by Crippen LogP contribution is -2.04. The quantitative estimate of drug-likeness (QED) is 0.680. The molecule has 0 spiro atoms. The van der Waals surface area contributed by atoms with Crippen LogP contribution in [0.2, 0.25) is 0 Å². The Morgan fingerprint density at radius 1 is 1.15 bits per heavy atom. The second-order valence-electron chi connectivity index (χ2n) is 3.16. The van der Waals surface area contributed by atoms with Crippen LogP contribution < -0.4 is 0 Å². The van der Waals surface area contributed by atoms with Gasteiger partial charge >= 0.3 is 11.9 Å². The third-order valence-corrected chi connectivity index (χ3v) is 1.69. The minimum atomic E-state index is -0.612. The summed E-state index contributed by atoms with van der Waals surface area (Å²) in [5, 5.41) is 6.57. The summed E-state index contributed by atoms with van der Waals surface area (Å²) in [5.41, 5.74) is 0.924. The van der Waals surface area contributed by atoms with Gasteiger partial charge in [-0.1, -0.05) is 44.2 Å². The molecule has 5 heteroatoms. The van der Waals surface area contributed by atoms with Crippen molar-refractivity contribution < 1.29 is 19.1 Å². The zero-order chi connectivity index (χ0) is 15.8. The number of ether oxygens (including phenoxy) is 2. The average molecular weight is 281 g/mol. The van der Waals surface area contributed by atoms with Crippen molar-refractivity contribution in [3.63, 3.8) is 0 Å². The fourth-order valence-corrected chi connectivity index (χ4v) is 0.974. The van der Waals surface area contributed by atoms with Gasteiger partial charge in [-0.25, -0.2) is 4.79 Å². The van der Waals surface area contributed by atoms with Crippen LogP contribution in [0, 0.1) is 5.41 Å². The summed E-state index contributed by atoms with van der Waals surface area (Å²) in [6, 6.07) is 9.34. The van der Waals surface area contributed by atoms with Gasteiger partial charge in [-0.3, -0.25) is 4.79 Å². The Labute approximate surface area is 120 Å². The lowest BCUT2D eigenvalue weighted by atomic mass is 10.2. The van der Waals surface area contributed by atoms with Crippen LogP contribution in [0.15, 0.2) is 30.3 Å². The first-order valence-electron chi connectivity index (χ1n) is 6.44. The largest absolute Gasteiger partial charge is 0.466 e. The van der Waals surface area contributed by atoms with Crippen molar-refractivity contribution in [1.82, 2.24) is 0 Å². The molecule has 1 aromatic rings. The smallest absolute Gasteiger partial charge is 0.348 e. The van der Waals surface area contributed by atoms with Crippen molar-refractivity contribution in [3.8, 4) is 0 Å². The molecule has 0 aliphatic carbocycles. The summed E-state index contributed by atoms with van der Waals surface area (Å²) in [6.07, 6.45) is 0.656. The van der Waals surface area contributed by atoms with Crippen molar-refractivity contribution in [2.24, 2.45) is 0 Å². The van der Waals surface area contributed by atoms with Crippen molar-refractivity contribution in [2.45, 2.75) is 34.3 Å². The molecule has 0 amide bonds. The zero-order valence-corrected chi connectivity index (χ0v) is 12.5. The van der Waals surface area contributed by atoms with Gasteiger partial charge < -0.3 is 14.9 Å². The molecule has 1 aromatic carbocycles. The van der Waals surface area contributed by atoms with Gasteiger partial charge in [-0.2, -0.15) is 0 Å². The van der Waals surface area contributed by atoms with Gasteiger partial charge in [0.15, 0.2) is 0 Å². The summed E-state index contributed by atoms with van der Waals surface area (Å²) in [7, 11) is 0. The average Bonchev–Trinajstić information content (AvgIpc) is 2.48. The van der Waals surface area contributed by atoms with Crippen LogP contribution in [0.4, 0.5) is 0 Å². The molecule has 1 rings (SSSR count). The maximum atomic E-state index is 10.5. The van der Waals surface area contributed by atoms with E-state index >= 15 is 0 Å². The molecule has 0 saturated carbocycles. The fraction of sp³-hybridized carbons (Fsp3) is 0.400. The Morgan fingerprint density at radius 2 is 1.70 bits per heavy atom. The van der Waals surface area contributed by atoms with Gasteiger partial charge in [0.2, 0.25) is 0 Å². The summed E-state index contributed by atoms with van der Waals surface area (Å²) in [5.74, 6) is -0.823. The number of benzene rings is 1. The Bertz CT molecular complexity index is 377. The molecule has 0 atom stereocenters. The summed E-state index contributed by atoms with van der Waals surface area (Å²) in [4.78, 5) is 20.3. The summed E-state index contributed by atoms with van der Waals surface area (Å²) < 4.78 is 9.10. The first-order valence-corrected chi connectivity index (χ1v) is 6.44. The van der Waals surface area contributed by atoms with E-state index in [1.165, 1.54) is 6.92 Å². The molecule has 0 aromatic heterocycles. The minimum Gasteiger partial charge on any atom is -0.466 e. The van der Waals surface area contributed by atoms with Crippen LogP contribution in [-0.4, -0.2) is 24.8 Å². The third-order valence-electron chi connectivity index (χ3n) is 1.69. The molecule has 0 fully saturated rings. The molecule has 1 N–H and O–H groups in total. The van der Waals surface area contributed by atoms with Gasteiger partial charge in [-0.15, -0.1) is 0 Å². The molecule has 0 bridgehead atoms. The molecule has 0 aliphatic heterocycles. The molecule has 0 unspecified atom stereocenters. The van der Waals surface area contributed by atoms with Crippen LogP contribution >= 0.6 is 0 Å². The van der Waals surface area contributed by atoms with E-state index in [4.69, 9.17) is 10.1 Å². The standard InChI is InChI=1S/C9H9NO2.C4H8O2.C2H6/c10-6-9(11)12-7-8-4-2-1-3-5-8;1-3-6-4(2)5;1-2/h1-6,10H,7H2;3H2,1-2H3;1-2H3. The first kappa shape index (κ1) is 20.2. The Morgan fingerprint density at radius 3 is 2.05 bits per heavy atom. The number of hydrogen-bond acceptors (Lipinski definition) is 5. The summed E-state index contributed by atoms with van der Waals surface area (Å²) >= 11 is 0. The molecular formula is C15H23NO4. The number of hydrogen-bond donors (Lipinski definition) is 1. The molecule has 5 nitrogen and oxygen atoms in total. The monoisotopic (exact) mass is 281 g/mol. The molecule has 112 valence electrons. The van der Waals surface area contributed by atoms with E-state index in [0.29, 0.717) is 12.8 Å². The second kappa shape index (κ2) is 14.9. The van der Waals surface area contributed by atoms with E-state index in [2.05, 4.69) is 4.74 Å². The van der Waals surface area contributed by atoms with Crippen LogP contribution in [-0.2, 0) is 25.7 Å². The van der Waals surface area contributed by atoms with Gasteiger partial charge in [0.25, 0.3) is 0 Å². The number of nitrogens with one attached hydrogen (secondary N) is 1. The molecular weight excluding hydrogens is 258 g/mol. The minimum absolute atomic E-state index is 0.211. The molecule has 0 heterocycles. The maximum absolute atomic E-state index is 10.5. The lowest BCUT2D eigenvalue weighted by Gasteiger charge is -1.99. The molecule has 0 saturated heterocycles. The molecule has 0 radical (unpaired) electrons. The molecule has 0 aliphatic rings. The maximum Gasteiger partial charge on any atom is 0.348 e. The van der Waals surface area contributed by atoms with Gasteiger partial charge in [0, 0.05) is 6.92 Å². The highest BCUT2D eigenvalue weighted by molar-refractivity contribution is 6.21. The predicted octanol–water partition coefficient (Wildman–Crippen LogP) is 2.97. The first-order chi connectivity index (χ1) is 9.60. The predicted molar refractivity (Wildman–Crippen MR) is 78.7 cm³/mol. The number of carbonyl (C=O) groups excluding carboxylic acids is 2. The van der Waals surface area contributed by atoms with Crippen molar-refractivity contribution >= 4 is 18.2 Å². The third kappa shape index (κ3) is 13.9. The second-order valence-corrected chi connectivity index (χ2v) is 3.16. The zero-order valence-electron chi connectivity index (χ0n) is 12.5. The van der Waals surface area contributed by atoms with E-state index in [9.17, 15) is 9.59 Å². The van der Waals surface area contributed by atoms with E-state index < -0.39 is 5.97 Å². The lowest BCUT2D eigenvalue weighted by molar-refractivity contribution is -0.140. The number of rotatable bonds is 4. The SMILES string of the molecule is CC.CCOC(C)=O.N=CC(=O)OCc1ccccc1. The van der Waals surface area contributed by atoms with Gasteiger partial charge in [0.05, 0.1) is 6.61 Å². The van der Waals surface area contributed by atoms with E-state index in [1.54, 1.807) is 6.92 Å². The molecule has 20 heavy (non-hydrogen) atoms. The van der Waals surface area contributed by atoms with Crippen LogP contribution in [0.1, 0.15) is 33.3 Å². The number of carbonyl (C=O) groups is 2. The Hall–Kier alpha value is -2.17. The fourth-order valence-electron chi connectivity index (χ4n) is 0.974. The van der Waals surface area contributed by atoms with Crippen LogP contribution in [0.5, 0.6) is 0 Å². The Balaban J connectivity index is 0. The van der Waals surface area contributed by atoms with Crippen LogP contribution in [0.25, 0.3) is 0 Å². The van der Waals surface area contributed by atoms with E-state index in [1.807, 2.05) is 44.2 Å². The highest BCUT2D eigenvalue weighted by Gasteiger charge is 1.96. The van der Waals surface area contributed by atoms with Crippen molar-refractivity contribution in [2.75, 3.05) is 6.61 Å². The van der Waals surface area contributed by atoms with Crippen molar-refractivity contribution in [3.05, 3.63) is 35.9 Å². The Kier molecular flexibility index (Phi) is 15.0. The van der Waals surface area contributed by atoms with Gasteiger partial charge in [-0.05, 0) is 12.5 Å². The van der Waals surface area contributed by atoms with E-state index in [-0.39, 0.29) is 12.6 Å². The van der Waals surface area contributed by atoms with Crippen molar-refractivity contribution in [1.29, 1.82) is 5.41 Å².